The fourth-order valence-corrected chi connectivity index (χ4v) is 6.06. The molecule has 0 aliphatic heterocycles. The van der Waals surface area contributed by atoms with Gasteiger partial charge >= 0.3 is 0 Å². The summed E-state index contributed by atoms with van der Waals surface area (Å²) < 4.78 is 0. The summed E-state index contributed by atoms with van der Waals surface area (Å²) >= 11 is 0. The molecule has 2 aliphatic carbocycles. The Bertz CT molecular complexity index is 723. The Balaban J connectivity index is 1.27. The van der Waals surface area contributed by atoms with Crippen LogP contribution in [0.1, 0.15) is 94.6 Å². The van der Waals surface area contributed by atoms with Gasteiger partial charge in [0.1, 0.15) is 0 Å². The summed E-state index contributed by atoms with van der Waals surface area (Å²) in [5.41, 5.74) is 5.59. The standard InChI is InChI=1S/C29H40/c1-3-4-5-23-8-12-25(13-9-23)27-16-20-29(21-17-27)28-18-14-26(15-19-28)24-10-6-22(2)7-11-24/h6-7,10-11,14-15,18-19,23,25,27,29H,3-5,8-9,12-13,16-17,20-21H2,1-2H3. The molecule has 29 heavy (non-hydrogen) atoms. The van der Waals surface area contributed by atoms with Crippen molar-refractivity contribution >= 4 is 0 Å². The van der Waals surface area contributed by atoms with Gasteiger partial charge in [-0.15, -0.1) is 0 Å². The van der Waals surface area contributed by atoms with Crippen molar-refractivity contribution in [2.24, 2.45) is 17.8 Å². The highest BCUT2D eigenvalue weighted by Gasteiger charge is 2.31. The molecule has 0 heterocycles. The lowest BCUT2D eigenvalue weighted by Crippen LogP contribution is -2.25. The lowest BCUT2D eigenvalue weighted by atomic mass is 9.68. The zero-order valence-corrected chi connectivity index (χ0v) is 18.7. The summed E-state index contributed by atoms with van der Waals surface area (Å²) in [6, 6.07) is 18.4. The van der Waals surface area contributed by atoms with Crippen LogP contribution in [0.2, 0.25) is 0 Å². The van der Waals surface area contributed by atoms with Gasteiger partial charge in [-0.25, -0.2) is 0 Å². The average Bonchev–Trinajstić information content (AvgIpc) is 2.79. The number of hydrogen-bond acceptors (Lipinski definition) is 0. The Morgan fingerprint density at radius 1 is 0.655 bits per heavy atom. The Hall–Kier alpha value is -1.56. The Morgan fingerprint density at radius 2 is 1.17 bits per heavy atom. The maximum absolute atomic E-state index is 2.40. The first-order valence-corrected chi connectivity index (χ1v) is 12.4. The van der Waals surface area contributed by atoms with E-state index >= 15 is 0 Å². The molecule has 2 fully saturated rings. The third-order valence-electron chi connectivity index (χ3n) is 8.06. The van der Waals surface area contributed by atoms with Gasteiger partial charge in [0.25, 0.3) is 0 Å². The molecule has 0 aromatic heterocycles. The van der Waals surface area contributed by atoms with Gasteiger partial charge in [-0.2, -0.15) is 0 Å². The molecule has 2 aliphatic rings. The predicted molar refractivity (Wildman–Crippen MR) is 126 cm³/mol. The van der Waals surface area contributed by atoms with Crippen LogP contribution in [-0.2, 0) is 0 Å². The highest BCUT2D eigenvalue weighted by molar-refractivity contribution is 5.64. The molecule has 0 unspecified atom stereocenters. The van der Waals surface area contributed by atoms with Gasteiger partial charge in [-0.1, -0.05) is 93.1 Å². The van der Waals surface area contributed by atoms with E-state index in [1.54, 1.807) is 5.56 Å². The normalized spacial score (nSPS) is 27.7. The minimum absolute atomic E-state index is 0.791. The van der Waals surface area contributed by atoms with Crippen LogP contribution in [0, 0.1) is 24.7 Å². The minimum atomic E-state index is 0.791. The van der Waals surface area contributed by atoms with E-state index in [0.29, 0.717) is 0 Å². The van der Waals surface area contributed by atoms with Crippen molar-refractivity contribution < 1.29 is 0 Å². The van der Waals surface area contributed by atoms with Crippen molar-refractivity contribution in [2.75, 3.05) is 0 Å². The largest absolute Gasteiger partial charge is 0.0654 e. The van der Waals surface area contributed by atoms with Crippen LogP contribution < -0.4 is 0 Å². The van der Waals surface area contributed by atoms with Gasteiger partial charge in [0.15, 0.2) is 0 Å². The second kappa shape index (κ2) is 9.96. The Morgan fingerprint density at radius 3 is 1.72 bits per heavy atom. The predicted octanol–water partition coefficient (Wildman–Crippen LogP) is 8.93. The van der Waals surface area contributed by atoms with Gasteiger partial charge < -0.3 is 0 Å². The smallest absolute Gasteiger partial charge is 0.0162 e. The highest BCUT2D eigenvalue weighted by Crippen LogP contribution is 2.44. The first-order valence-electron chi connectivity index (χ1n) is 12.4. The molecule has 0 nitrogen and oxygen atoms in total. The molecule has 2 aromatic rings. The van der Waals surface area contributed by atoms with Crippen molar-refractivity contribution in [2.45, 2.75) is 90.4 Å². The molecule has 0 spiro atoms. The molecule has 4 rings (SSSR count). The zero-order chi connectivity index (χ0) is 20.1. The lowest BCUT2D eigenvalue weighted by Gasteiger charge is -2.38. The minimum Gasteiger partial charge on any atom is -0.0654 e. The second-order valence-electron chi connectivity index (χ2n) is 10.0. The van der Waals surface area contributed by atoms with Crippen LogP contribution in [0.15, 0.2) is 48.5 Å². The van der Waals surface area contributed by atoms with Crippen molar-refractivity contribution in [3.05, 3.63) is 59.7 Å². The van der Waals surface area contributed by atoms with Crippen LogP contribution >= 0.6 is 0 Å². The average molecular weight is 389 g/mol. The van der Waals surface area contributed by atoms with Crippen LogP contribution in [0.3, 0.4) is 0 Å². The highest BCUT2D eigenvalue weighted by atomic mass is 14.4. The third kappa shape index (κ3) is 5.33. The summed E-state index contributed by atoms with van der Waals surface area (Å²) in [6.07, 6.45) is 16.1. The molecular formula is C29H40. The van der Waals surface area contributed by atoms with Crippen molar-refractivity contribution in [1.82, 2.24) is 0 Å². The number of hydrogen-bond donors (Lipinski definition) is 0. The van der Waals surface area contributed by atoms with E-state index in [2.05, 4.69) is 62.4 Å². The maximum atomic E-state index is 2.40. The molecular weight excluding hydrogens is 348 g/mol. The number of benzene rings is 2. The summed E-state index contributed by atoms with van der Waals surface area (Å²) in [5.74, 6) is 3.90. The summed E-state index contributed by atoms with van der Waals surface area (Å²) in [7, 11) is 0. The molecule has 0 amide bonds. The van der Waals surface area contributed by atoms with E-state index in [1.807, 2.05) is 0 Å². The summed E-state index contributed by atoms with van der Waals surface area (Å²) in [6.45, 7) is 4.49. The van der Waals surface area contributed by atoms with Gasteiger partial charge in [-0.05, 0) is 85.8 Å². The SMILES string of the molecule is CCCCC1CCC(C2CCC(c3ccc(-c4ccc(C)cc4)cc3)CC2)CC1. The van der Waals surface area contributed by atoms with Crippen LogP contribution in [0.4, 0.5) is 0 Å². The zero-order valence-electron chi connectivity index (χ0n) is 18.7. The van der Waals surface area contributed by atoms with Crippen LogP contribution in [0.25, 0.3) is 11.1 Å². The van der Waals surface area contributed by atoms with Crippen molar-refractivity contribution in [1.29, 1.82) is 0 Å². The second-order valence-corrected chi connectivity index (χ2v) is 10.0. The van der Waals surface area contributed by atoms with E-state index in [-0.39, 0.29) is 0 Å². The van der Waals surface area contributed by atoms with Gasteiger partial charge in [-0.3, -0.25) is 0 Å². The van der Waals surface area contributed by atoms with Gasteiger partial charge in [0.05, 0.1) is 0 Å². The van der Waals surface area contributed by atoms with Crippen LogP contribution in [-0.4, -0.2) is 0 Å². The molecule has 0 bridgehead atoms. The van der Waals surface area contributed by atoms with E-state index in [0.717, 1.165) is 23.7 Å². The topological polar surface area (TPSA) is 0 Å². The quantitative estimate of drug-likeness (QED) is 0.463. The Kier molecular flexibility index (Phi) is 7.11. The molecule has 0 heteroatoms. The maximum Gasteiger partial charge on any atom is -0.0162 e. The molecule has 0 atom stereocenters. The third-order valence-corrected chi connectivity index (χ3v) is 8.06. The summed E-state index contributed by atoms with van der Waals surface area (Å²) in [4.78, 5) is 0. The van der Waals surface area contributed by atoms with Crippen molar-refractivity contribution in [3.63, 3.8) is 0 Å². The fourth-order valence-electron chi connectivity index (χ4n) is 6.06. The van der Waals surface area contributed by atoms with E-state index in [9.17, 15) is 0 Å². The Labute approximate surface area is 179 Å². The van der Waals surface area contributed by atoms with Gasteiger partial charge in [0.2, 0.25) is 0 Å². The molecule has 0 saturated heterocycles. The monoisotopic (exact) mass is 388 g/mol. The van der Waals surface area contributed by atoms with Crippen LogP contribution in [0.5, 0.6) is 0 Å². The summed E-state index contributed by atoms with van der Waals surface area (Å²) in [5, 5.41) is 0. The molecule has 2 saturated carbocycles. The number of rotatable bonds is 6. The number of unbranched alkanes of at least 4 members (excludes halogenated alkanes) is 1. The first-order chi connectivity index (χ1) is 14.2. The molecule has 156 valence electrons. The molecule has 0 radical (unpaired) electrons. The lowest BCUT2D eigenvalue weighted by molar-refractivity contribution is 0.156. The molecule has 2 aromatic carbocycles. The first kappa shape index (κ1) is 20.7. The van der Waals surface area contributed by atoms with E-state index in [4.69, 9.17) is 0 Å². The van der Waals surface area contributed by atoms with E-state index in [1.165, 1.54) is 87.3 Å². The van der Waals surface area contributed by atoms with E-state index < -0.39 is 0 Å². The van der Waals surface area contributed by atoms with Gasteiger partial charge in [0, 0.05) is 0 Å². The van der Waals surface area contributed by atoms with Crippen molar-refractivity contribution in [3.8, 4) is 11.1 Å². The number of aryl methyl sites for hydroxylation is 1. The fraction of sp³-hybridized carbons (Fsp3) is 0.586. The molecule has 0 N–H and O–H groups in total.